The van der Waals surface area contributed by atoms with Crippen molar-refractivity contribution in [2.75, 3.05) is 10.6 Å². The van der Waals surface area contributed by atoms with E-state index in [4.69, 9.17) is 4.18 Å². The molecule has 0 radical (unpaired) electrons. The van der Waals surface area contributed by atoms with E-state index in [9.17, 15) is 36.4 Å². The molecule has 37 heavy (non-hydrogen) atoms. The lowest BCUT2D eigenvalue weighted by Gasteiger charge is -2.13. The van der Waals surface area contributed by atoms with Crippen LogP contribution in [0.2, 0.25) is 0 Å². The maximum Gasteiger partial charge on any atom is 0.418 e. The van der Waals surface area contributed by atoms with E-state index < -0.39 is 39.0 Å². The first-order valence-electron chi connectivity index (χ1n) is 10.4. The molecule has 0 saturated heterocycles. The number of anilines is 2. The van der Waals surface area contributed by atoms with Crippen molar-refractivity contribution >= 4 is 39.4 Å². The number of nitriles is 1. The van der Waals surface area contributed by atoms with Gasteiger partial charge in [-0.05, 0) is 48.5 Å². The SMILES string of the molecule is CC(=O)Nc1ccc(S(=O)(=O)Oc2ccccc2/C=C(\C#N)C(=O)Nc2ccccc2C(F)(F)F)cc1. The molecule has 0 bridgehead atoms. The molecule has 2 N–H and O–H groups in total. The zero-order valence-electron chi connectivity index (χ0n) is 19.0. The van der Waals surface area contributed by atoms with Crippen LogP contribution in [0.3, 0.4) is 0 Å². The summed E-state index contributed by atoms with van der Waals surface area (Å²) in [5, 5.41) is 14.0. The summed E-state index contributed by atoms with van der Waals surface area (Å²) in [7, 11) is -4.36. The van der Waals surface area contributed by atoms with Crippen molar-refractivity contribution < 1.29 is 35.4 Å². The Morgan fingerprint density at radius 1 is 0.946 bits per heavy atom. The third-order valence-corrected chi connectivity index (χ3v) is 5.98. The van der Waals surface area contributed by atoms with Crippen molar-refractivity contribution in [2.45, 2.75) is 18.0 Å². The van der Waals surface area contributed by atoms with Crippen LogP contribution in [0.1, 0.15) is 18.1 Å². The number of halogens is 3. The first kappa shape index (κ1) is 27.0. The molecule has 3 aromatic rings. The molecule has 190 valence electrons. The van der Waals surface area contributed by atoms with Gasteiger partial charge in [0.05, 0.1) is 11.3 Å². The summed E-state index contributed by atoms with van der Waals surface area (Å²) in [6, 6.07) is 16.6. The molecule has 3 rings (SSSR count). The monoisotopic (exact) mass is 529 g/mol. The van der Waals surface area contributed by atoms with Crippen LogP contribution in [-0.2, 0) is 25.9 Å². The molecule has 0 aliphatic carbocycles. The number of amides is 2. The lowest BCUT2D eigenvalue weighted by Crippen LogP contribution is -2.17. The van der Waals surface area contributed by atoms with Gasteiger partial charge >= 0.3 is 16.3 Å². The first-order valence-corrected chi connectivity index (χ1v) is 11.8. The van der Waals surface area contributed by atoms with E-state index in [0.717, 1.165) is 24.3 Å². The summed E-state index contributed by atoms with van der Waals surface area (Å²) in [6.07, 6.45) is -3.74. The Bertz CT molecular complexity index is 1510. The molecule has 3 aromatic carbocycles. The number of nitrogens with zero attached hydrogens (tertiary/aromatic N) is 1. The molecule has 0 spiro atoms. The van der Waals surface area contributed by atoms with Gasteiger partial charge in [-0.2, -0.15) is 26.9 Å². The molecule has 12 heteroatoms. The predicted octanol–water partition coefficient (Wildman–Crippen LogP) is 4.98. The van der Waals surface area contributed by atoms with E-state index in [1.54, 1.807) is 6.07 Å². The number of rotatable bonds is 7. The molecule has 0 aliphatic rings. The van der Waals surface area contributed by atoms with Crippen LogP contribution >= 0.6 is 0 Å². The summed E-state index contributed by atoms with van der Waals surface area (Å²) < 4.78 is 70.4. The van der Waals surface area contributed by atoms with Gasteiger partial charge in [-0.1, -0.05) is 30.3 Å². The maximum absolute atomic E-state index is 13.2. The lowest BCUT2D eigenvalue weighted by atomic mass is 10.1. The van der Waals surface area contributed by atoms with E-state index in [0.29, 0.717) is 5.69 Å². The predicted molar refractivity (Wildman–Crippen MR) is 129 cm³/mol. The number of nitrogens with one attached hydrogen (secondary N) is 2. The van der Waals surface area contributed by atoms with E-state index >= 15 is 0 Å². The number of carbonyl (C=O) groups excluding carboxylic acids is 2. The zero-order chi connectivity index (χ0) is 27.2. The third kappa shape index (κ3) is 6.96. The molecule has 0 aliphatic heterocycles. The molecule has 0 aromatic heterocycles. The highest BCUT2D eigenvalue weighted by molar-refractivity contribution is 7.87. The Morgan fingerprint density at radius 3 is 2.19 bits per heavy atom. The number of alkyl halides is 3. The highest BCUT2D eigenvalue weighted by Crippen LogP contribution is 2.35. The van der Waals surface area contributed by atoms with Gasteiger partial charge in [0, 0.05) is 18.2 Å². The van der Waals surface area contributed by atoms with Crippen LogP contribution in [0.4, 0.5) is 24.5 Å². The number of hydrogen-bond acceptors (Lipinski definition) is 6. The fraction of sp³-hybridized carbons (Fsp3) is 0.0800. The molecule has 2 amide bonds. The number of carbonyl (C=O) groups is 2. The quantitative estimate of drug-likeness (QED) is 0.253. The van der Waals surface area contributed by atoms with Gasteiger partial charge in [0.25, 0.3) is 5.91 Å². The molecule has 0 saturated carbocycles. The van der Waals surface area contributed by atoms with Crippen LogP contribution in [-0.4, -0.2) is 20.2 Å². The maximum atomic E-state index is 13.2. The standard InChI is InChI=1S/C25H18F3N3O5S/c1-16(32)30-19-10-12-20(13-11-19)37(34,35)36-23-9-5-2-6-17(23)14-18(15-29)24(33)31-22-8-4-3-7-21(22)25(26,27)28/h2-14H,1H3,(H,30,32)(H,31,33)/b18-14+. The summed E-state index contributed by atoms with van der Waals surface area (Å²) in [4.78, 5) is 23.5. The number of para-hydroxylation sites is 2. The molecular weight excluding hydrogens is 511 g/mol. The van der Waals surface area contributed by atoms with Crippen molar-refractivity contribution in [1.29, 1.82) is 5.26 Å². The fourth-order valence-electron chi connectivity index (χ4n) is 3.08. The Hall–Kier alpha value is -4.63. The lowest BCUT2D eigenvalue weighted by molar-refractivity contribution is -0.137. The highest BCUT2D eigenvalue weighted by Gasteiger charge is 2.33. The second kappa shape index (κ2) is 11.0. The largest absolute Gasteiger partial charge is 0.418 e. The smallest absolute Gasteiger partial charge is 0.378 e. The average molecular weight is 529 g/mol. The molecule has 0 heterocycles. The molecule has 0 unspecified atom stereocenters. The van der Waals surface area contributed by atoms with E-state index in [1.807, 2.05) is 0 Å². The molecule has 8 nitrogen and oxygen atoms in total. The van der Waals surface area contributed by atoms with Crippen molar-refractivity contribution in [3.05, 3.63) is 89.5 Å². The van der Waals surface area contributed by atoms with Crippen LogP contribution < -0.4 is 14.8 Å². The van der Waals surface area contributed by atoms with Gasteiger partial charge in [0.15, 0.2) is 0 Å². The second-order valence-corrected chi connectivity index (χ2v) is 8.99. The normalized spacial score (nSPS) is 11.8. The summed E-state index contributed by atoms with van der Waals surface area (Å²) in [5.74, 6) is -1.71. The van der Waals surface area contributed by atoms with Gasteiger partial charge in [-0.25, -0.2) is 0 Å². The van der Waals surface area contributed by atoms with E-state index in [2.05, 4.69) is 10.6 Å². The van der Waals surface area contributed by atoms with Crippen LogP contribution in [0.25, 0.3) is 6.08 Å². The van der Waals surface area contributed by atoms with Gasteiger partial charge in [0.1, 0.15) is 22.3 Å². The van der Waals surface area contributed by atoms with Crippen molar-refractivity contribution in [3.63, 3.8) is 0 Å². The Kier molecular flexibility index (Phi) is 7.99. The van der Waals surface area contributed by atoms with Crippen LogP contribution in [0, 0.1) is 11.3 Å². The van der Waals surface area contributed by atoms with Crippen LogP contribution in [0.15, 0.2) is 83.3 Å². The minimum atomic E-state index is -4.74. The molecular formula is C25H18F3N3O5S. The van der Waals surface area contributed by atoms with Gasteiger partial charge in [-0.15, -0.1) is 0 Å². The Labute approximate surface area is 210 Å². The minimum absolute atomic E-state index is 0.0109. The molecule has 0 fully saturated rings. The first-order chi connectivity index (χ1) is 17.4. The van der Waals surface area contributed by atoms with Crippen LogP contribution in [0.5, 0.6) is 5.75 Å². The number of benzene rings is 3. The average Bonchev–Trinajstić information content (AvgIpc) is 2.83. The van der Waals surface area contributed by atoms with Crippen molar-refractivity contribution in [3.8, 4) is 11.8 Å². The zero-order valence-corrected chi connectivity index (χ0v) is 19.9. The Morgan fingerprint density at radius 2 is 1.57 bits per heavy atom. The highest BCUT2D eigenvalue weighted by atomic mass is 32.2. The van der Waals surface area contributed by atoms with Gasteiger partial charge in [0.2, 0.25) is 5.91 Å². The van der Waals surface area contributed by atoms with Crippen molar-refractivity contribution in [1.82, 2.24) is 0 Å². The van der Waals surface area contributed by atoms with Gasteiger partial charge in [-0.3, -0.25) is 9.59 Å². The summed E-state index contributed by atoms with van der Waals surface area (Å²) >= 11 is 0. The van der Waals surface area contributed by atoms with Crippen molar-refractivity contribution in [2.24, 2.45) is 0 Å². The third-order valence-electron chi connectivity index (χ3n) is 4.73. The number of hydrogen-bond donors (Lipinski definition) is 2. The van der Waals surface area contributed by atoms with Gasteiger partial charge < -0.3 is 14.8 Å². The second-order valence-electron chi connectivity index (χ2n) is 7.45. The minimum Gasteiger partial charge on any atom is -0.378 e. The molecule has 0 atom stereocenters. The Balaban J connectivity index is 1.88. The topological polar surface area (TPSA) is 125 Å². The fourth-order valence-corrected chi connectivity index (χ4v) is 4.04. The van der Waals surface area contributed by atoms with E-state index in [-0.39, 0.29) is 22.1 Å². The summed E-state index contributed by atoms with van der Waals surface area (Å²) in [5.41, 5.74) is -1.86. The summed E-state index contributed by atoms with van der Waals surface area (Å²) in [6.45, 7) is 1.29. The van der Waals surface area contributed by atoms with E-state index in [1.165, 1.54) is 61.5 Å².